The van der Waals surface area contributed by atoms with E-state index in [9.17, 15) is 8.42 Å². The summed E-state index contributed by atoms with van der Waals surface area (Å²) in [5.41, 5.74) is 1.26. The van der Waals surface area contributed by atoms with Crippen molar-refractivity contribution < 1.29 is 8.42 Å². The lowest BCUT2D eigenvalue weighted by Crippen LogP contribution is -2.30. The number of benzene rings is 1. The molecular weight excluding hydrogens is 246 g/mol. The second-order valence-corrected chi connectivity index (χ2v) is 7.01. The lowest BCUT2D eigenvalue weighted by Gasteiger charge is -2.16. The van der Waals surface area contributed by atoms with Crippen molar-refractivity contribution in [3.05, 3.63) is 35.9 Å². The van der Waals surface area contributed by atoms with Gasteiger partial charge in [0, 0.05) is 13.1 Å². The summed E-state index contributed by atoms with van der Waals surface area (Å²) in [6, 6.07) is 10.2. The third-order valence-corrected chi connectivity index (χ3v) is 5.49. The minimum atomic E-state index is -3.03. The highest BCUT2D eigenvalue weighted by Gasteiger charge is 2.31. The van der Waals surface area contributed by atoms with Gasteiger partial charge in [0.1, 0.15) is 0 Å². The lowest BCUT2D eigenvalue weighted by molar-refractivity contribution is 0.471. The zero-order valence-corrected chi connectivity index (χ0v) is 11.7. The Morgan fingerprint density at radius 3 is 2.67 bits per heavy atom. The van der Waals surface area contributed by atoms with E-state index in [4.69, 9.17) is 0 Å². The Morgan fingerprint density at radius 1 is 1.28 bits per heavy atom. The number of hydrogen-bond acceptors (Lipinski definition) is 2. The van der Waals surface area contributed by atoms with Gasteiger partial charge in [-0.1, -0.05) is 43.7 Å². The predicted octanol–water partition coefficient (Wildman–Crippen LogP) is 2.61. The molecule has 0 saturated carbocycles. The highest BCUT2D eigenvalue weighted by Crippen LogP contribution is 2.28. The quantitative estimate of drug-likeness (QED) is 0.822. The molecular formula is C14H21NO2S. The van der Waals surface area contributed by atoms with E-state index in [2.05, 4.69) is 12.1 Å². The highest BCUT2D eigenvalue weighted by atomic mass is 32.2. The van der Waals surface area contributed by atoms with Crippen molar-refractivity contribution in [2.45, 2.75) is 32.1 Å². The van der Waals surface area contributed by atoms with E-state index in [1.54, 1.807) is 4.31 Å². The van der Waals surface area contributed by atoms with Gasteiger partial charge in [0.25, 0.3) is 0 Å². The van der Waals surface area contributed by atoms with Crippen molar-refractivity contribution in [3.63, 3.8) is 0 Å². The van der Waals surface area contributed by atoms with E-state index in [0.29, 0.717) is 24.8 Å². The molecule has 100 valence electrons. The second kappa shape index (κ2) is 5.85. The van der Waals surface area contributed by atoms with Gasteiger partial charge in [-0.3, -0.25) is 0 Å². The molecule has 1 atom stereocenters. The van der Waals surface area contributed by atoms with Gasteiger partial charge < -0.3 is 0 Å². The molecule has 0 bridgehead atoms. The normalized spacial score (nSPS) is 21.3. The maximum absolute atomic E-state index is 12.1. The van der Waals surface area contributed by atoms with Crippen molar-refractivity contribution in [1.82, 2.24) is 4.31 Å². The molecule has 1 fully saturated rings. The van der Waals surface area contributed by atoms with Gasteiger partial charge in [0.2, 0.25) is 10.0 Å². The molecule has 0 aromatic heterocycles. The first kappa shape index (κ1) is 13.6. The highest BCUT2D eigenvalue weighted by molar-refractivity contribution is 7.89. The van der Waals surface area contributed by atoms with E-state index >= 15 is 0 Å². The second-order valence-electron chi connectivity index (χ2n) is 4.92. The number of hydrogen-bond donors (Lipinski definition) is 0. The van der Waals surface area contributed by atoms with Gasteiger partial charge in [-0.25, -0.2) is 12.7 Å². The van der Waals surface area contributed by atoms with Crippen LogP contribution < -0.4 is 0 Å². The largest absolute Gasteiger partial charge is 0.214 e. The molecule has 0 spiro atoms. The average molecular weight is 267 g/mol. The van der Waals surface area contributed by atoms with Crippen LogP contribution in [0.1, 0.15) is 37.7 Å². The Morgan fingerprint density at radius 2 is 2.00 bits per heavy atom. The number of unbranched alkanes of at least 4 members (excludes halogenated alkanes) is 1. The predicted molar refractivity (Wildman–Crippen MR) is 74.1 cm³/mol. The van der Waals surface area contributed by atoms with Crippen LogP contribution in [0.3, 0.4) is 0 Å². The van der Waals surface area contributed by atoms with Gasteiger partial charge in [0.15, 0.2) is 0 Å². The monoisotopic (exact) mass is 267 g/mol. The Bertz CT molecular complexity index is 470. The van der Waals surface area contributed by atoms with E-state index in [0.717, 1.165) is 19.3 Å². The summed E-state index contributed by atoms with van der Waals surface area (Å²) in [5, 5.41) is 0. The van der Waals surface area contributed by atoms with E-state index < -0.39 is 10.0 Å². The summed E-state index contributed by atoms with van der Waals surface area (Å²) in [6.45, 7) is 3.34. The fourth-order valence-corrected chi connectivity index (χ4v) is 4.14. The Labute approximate surface area is 110 Å². The van der Waals surface area contributed by atoms with Crippen LogP contribution in [0.2, 0.25) is 0 Å². The zero-order valence-electron chi connectivity index (χ0n) is 10.9. The number of rotatable bonds is 5. The van der Waals surface area contributed by atoms with Crippen molar-refractivity contribution >= 4 is 10.0 Å². The number of nitrogens with zero attached hydrogens (tertiary/aromatic N) is 1. The first-order chi connectivity index (χ1) is 8.63. The molecule has 2 rings (SSSR count). The molecule has 0 N–H and O–H groups in total. The maximum atomic E-state index is 12.1. The molecule has 1 heterocycles. The lowest BCUT2D eigenvalue weighted by atomic mass is 9.99. The first-order valence-corrected chi connectivity index (χ1v) is 8.27. The number of sulfonamides is 1. The van der Waals surface area contributed by atoms with Crippen LogP contribution in [0.25, 0.3) is 0 Å². The molecule has 1 aliphatic heterocycles. The van der Waals surface area contributed by atoms with E-state index in [-0.39, 0.29) is 0 Å². The van der Waals surface area contributed by atoms with Crippen LogP contribution in [0.15, 0.2) is 30.3 Å². The van der Waals surface area contributed by atoms with Crippen molar-refractivity contribution in [2.75, 3.05) is 18.8 Å². The van der Waals surface area contributed by atoms with Gasteiger partial charge in [-0.2, -0.15) is 0 Å². The summed E-state index contributed by atoms with van der Waals surface area (Å²) in [6.07, 6.45) is 2.62. The molecule has 1 aromatic rings. The zero-order chi connectivity index (χ0) is 13.0. The first-order valence-electron chi connectivity index (χ1n) is 6.66. The van der Waals surface area contributed by atoms with Crippen LogP contribution in [0, 0.1) is 0 Å². The van der Waals surface area contributed by atoms with Crippen LogP contribution in [-0.4, -0.2) is 31.6 Å². The fraction of sp³-hybridized carbons (Fsp3) is 0.571. The van der Waals surface area contributed by atoms with Crippen LogP contribution in [-0.2, 0) is 10.0 Å². The minimum absolute atomic E-state index is 0.297. The van der Waals surface area contributed by atoms with Crippen molar-refractivity contribution in [1.29, 1.82) is 0 Å². The molecule has 0 radical (unpaired) electrons. The van der Waals surface area contributed by atoms with Crippen LogP contribution >= 0.6 is 0 Å². The van der Waals surface area contributed by atoms with Crippen LogP contribution in [0.4, 0.5) is 0 Å². The van der Waals surface area contributed by atoms with Gasteiger partial charge in [0.05, 0.1) is 5.75 Å². The summed E-state index contributed by atoms with van der Waals surface area (Å²) >= 11 is 0. The third-order valence-electron chi connectivity index (χ3n) is 3.57. The molecule has 1 unspecified atom stereocenters. The standard InChI is InChI=1S/C14H21NO2S/c1-2-3-11-18(16,17)15-10-9-14(12-15)13-7-5-4-6-8-13/h4-8,14H,2-3,9-12H2,1H3. The Hall–Kier alpha value is -0.870. The van der Waals surface area contributed by atoms with Crippen LogP contribution in [0.5, 0.6) is 0 Å². The van der Waals surface area contributed by atoms with Gasteiger partial charge >= 0.3 is 0 Å². The summed E-state index contributed by atoms with van der Waals surface area (Å²) in [5.74, 6) is 0.660. The summed E-state index contributed by atoms with van der Waals surface area (Å²) in [4.78, 5) is 0. The molecule has 1 aliphatic rings. The molecule has 0 aliphatic carbocycles. The van der Waals surface area contributed by atoms with Gasteiger partial charge in [-0.05, 0) is 24.3 Å². The molecule has 0 amide bonds. The summed E-state index contributed by atoms with van der Waals surface area (Å²) < 4.78 is 25.9. The third kappa shape index (κ3) is 3.12. The molecule has 1 aromatic carbocycles. The Kier molecular flexibility index (Phi) is 4.40. The molecule has 3 nitrogen and oxygen atoms in total. The maximum Gasteiger partial charge on any atom is 0.214 e. The van der Waals surface area contributed by atoms with Crippen molar-refractivity contribution in [3.8, 4) is 0 Å². The summed E-state index contributed by atoms with van der Waals surface area (Å²) in [7, 11) is -3.03. The average Bonchev–Trinajstić information content (AvgIpc) is 2.88. The topological polar surface area (TPSA) is 37.4 Å². The van der Waals surface area contributed by atoms with E-state index in [1.807, 2.05) is 25.1 Å². The van der Waals surface area contributed by atoms with Gasteiger partial charge in [-0.15, -0.1) is 0 Å². The SMILES string of the molecule is CCCCS(=O)(=O)N1CCC(c2ccccc2)C1. The fourth-order valence-electron chi connectivity index (χ4n) is 2.43. The minimum Gasteiger partial charge on any atom is -0.212 e. The van der Waals surface area contributed by atoms with Crippen molar-refractivity contribution in [2.24, 2.45) is 0 Å². The molecule has 4 heteroatoms. The smallest absolute Gasteiger partial charge is 0.212 e. The van der Waals surface area contributed by atoms with E-state index in [1.165, 1.54) is 5.56 Å². The Balaban J connectivity index is 2.00. The molecule has 1 saturated heterocycles. The molecule has 18 heavy (non-hydrogen) atoms.